The molecule has 0 aromatic heterocycles. The van der Waals surface area contributed by atoms with Crippen molar-refractivity contribution in [3.05, 3.63) is 12.2 Å². The highest BCUT2D eigenvalue weighted by molar-refractivity contribution is 8.92. The van der Waals surface area contributed by atoms with Crippen LogP contribution in [0.4, 0.5) is 0 Å². The topological polar surface area (TPSA) is 0 Å². The molecule has 0 fully saturated rings. The van der Waals surface area contributed by atoms with E-state index in [1.54, 1.807) is 0 Å². The van der Waals surface area contributed by atoms with Crippen LogP contribution in [0.2, 0.25) is 0 Å². The van der Waals surface area contributed by atoms with Crippen molar-refractivity contribution in [2.45, 2.75) is 13.8 Å². The van der Waals surface area contributed by atoms with Crippen molar-refractivity contribution < 1.29 is 0 Å². The first kappa shape index (κ1) is 11.8. The highest BCUT2D eigenvalue weighted by atomic mass is 35.8. The van der Waals surface area contributed by atoms with Gasteiger partial charge in [-0.1, -0.05) is 5.57 Å². The molecule has 4 heteroatoms. The molecule has 8 heavy (non-hydrogen) atoms. The molecule has 0 saturated carbocycles. The van der Waals surface area contributed by atoms with E-state index in [0.29, 0.717) is 0 Å². The van der Waals surface area contributed by atoms with E-state index in [1.165, 1.54) is 5.57 Å². The Morgan fingerprint density at radius 3 is 1.38 bits per heavy atom. The predicted octanol–water partition coefficient (Wildman–Crippen LogP) is 4.26. The van der Waals surface area contributed by atoms with Gasteiger partial charge >= 0.3 is 0 Å². The van der Waals surface area contributed by atoms with E-state index >= 15 is 0 Å². The lowest BCUT2D eigenvalue weighted by molar-refractivity contribution is 1.42. The Morgan fingerprint density at radius 2 is 1.38 bits per heavy atom. The lowest BCUT2D eigenvalue weighted by Crippen LogP contribution is -1.43. The van der Waals surface area contributed by atoms with Crippen molar-refractivity contribution in [1.29, 1.82) is 0 Å². The molecule has 0 aliphatic heterocycles. The van der Waals surface area contributed by atoms with Crippen molar-refractivity contribution in [1.82, 2.24) is 0 Å². The molecule has 0 radical (unpaired) electrons. The zero-order chi connectivity index (χ0) is 6.99. The molecule has 0 saturated heterocycles. The number of rotatable bonds is 1. The van der Waals surface area contributed by atoms with Crippen molar-refractivity contribution >= 4 is 41.4 Å². The van der Waals surface area contributed by atoms with E-state index in [0.717, 1.165) is 20.0 Å². The summed E-state index contributed by atoms with van der Waals surface area (Å²) in [6, 6.07) is 0. The summed E-state index contributed by atoms with van der Waals surface area (Å²) in [5.74, 6) is 0. The van der Waals surface area contributed by atoms with E-state index < -0.39 is 0 Å². The summed E-state index contributed by atoms with van der Waals surface area (Å²) < 4.78 is 0. The molecule has 0 nitrogen and oxygen atoms in total. The summed E-state index contributed by atoms with van der Waals surface area (Å²) in [4.78, 5) is 0. The van der Waals surface area contributed by atoms with Gasteiger partial charge < -0.3 is 0 Å². The van der Waals surface area contributed by atoms with Gasteiger partial charge in [-0.05, 0) is 35.2 Å². The van der Waals surface area contributed by atoms with Crippen LogP contribution in [0.15, 0.2) is 12.2 Å². The Bertz CT molecular complexity index is 50.0. The molecule has 0 aromatic carbocycles. The van der Waals surface area contributed by atoms with E-state index in [4.69, 9.17) is 21.4 Å². The molecule has 0 heterocycles. The first-order valence-electron chi connectivity index (χ1n) is 1.83. The molecule has 0 atom stereocenters. The maximum atomic E-state index is 4.93. The van der Waals surface area contributed by atoms with Gasteiger partial charge in [0.25, 0.3) is 0 Å². The molecule has 50 valence electrons. The van der Waals surface area contributed by atoms with Crippen molar-refractivity contribution in [2.75, 3.05) is 0 Å². The minimum atomic E-state index is 1.01. The van der Waals surface area contributed by atoms with Gasteiger partial charge in [0.2, 0.25) is 0 Å². The van der Waals surface area contributed by atoms with Crippen LogP contribution >= 0.6 is 41.4 Å². The number of halogens is 2. The lowest BCUT2D eigenvalue weighted by Gasteiger charge is -1.65. The third-order valence-electron chi connectivity index (χ3n) is 0.0238. The summed E-state index contributed by atoms with van der Waals surface area (Å²) in [5.41, 5.74) is 1.17. The number of allylic oxidation sites excluding steroid dienone is 1. The highest BCUT2D eigenvalue weighted by Gasteiger charge is 1.63. The summed E-state index contributed by atoms with van der Waals surface area (Å²) in [6.45, 7) is 7.50. The highest BCUT2D eigenvalue weighted by Crippen LogP contribution is 2.28. The van der Waals surface area contributed by atoms with Gasteiger partial charge in [0.05, 0.1) is 0 Å². The maximum Gasteiger partial charge on any atom is 0.0305 e. The zero-order valence-corrected chi connectivity index (χ0v) is 7.92. The van der Waals surface area contributed by atoms with Crippen LogP contribution < -0.4 is 0 Å². The average Bonchev–Trinajstić information content (AvgIpc) is 1.65. The molecule has 0 bridgehead atoms. The molecule has 0 N–H and O–H groups in total. The van der Waals surface area contributed by atoms with Crippen LogP contribution in [-0.2, 0) is 0 Å². The molecule has 0 amide bonds. The zero-order valence-electron chi connectivity index (χ0n) is 4.78. The largest absolute Gasteiger partial charge is 0.100 e. The van der Waals surface area contributed by atoms with Gasteiger partial charge in [0.1, 0.15) is 0 Å². The molecular formula is C4H8Cl2S2. The molecule has 0 aromatic rings. The molecular weight excluding hydrogens is 183 g/mol. The lowest BCUT2D eigenvalue weighted by atomic mass is 10.4. The van der Waals surface area contributed by atoms with Crippen LogP contribution in [0.5, 0.6) is 0 Å². The first-order chi connectivity index (χ1) is 3.65. The quantitative estimate of drug-likeness (QED) is 0.448. The second-order valence-corrected chi connectivity index (χ2v) is 4.61. The smallest absolute Gasteiger partial charge is 0.0305 e. The fourth-order valence-corrected chi connectivity index (χ4v) is 0. The third kappa shape index (κ3) is 62.3. The summed E-state index contributed by atoms with van der Waals surface area (Å²) >= 11 is 0. The monoisotopic (exact) mass is 190 g/mol. The van der Waals surface area contributed by atoms with Crippen molar-refractivity contribution in [2.24, 2.45) is 0 Å². The number of hydrogen-bond donors (Lipinski definition) is 0. The Morgan fingerprint density at radius 1 is 1.25 bits per heavy atom. The SMILES string of the molecule is C=C(C)C.ClSSCl. The standard InChI is InChI=1S/C4H8.Cl2S2/c1-4(2)3;1-3-4-2/h1H2,2-3H3;. The first-order valence-corrected chi connectivity index (χ1v) is 5.63. The molecule has 0 aliphatic rings. The van der Waals surface area contributed by atoms with Crippen LogP contribution in [-0.4, -0.2) is 0 Å². The van der Waals surface area contributed by atoms with E-state index in [9.17, 15) is 0 Å². The Balaban J connectivity index is 0. The summed E-state index contributed by atoms with van der Waals surface area (Å²) in [6.07, 6.45) is 0. The molecule has 0 unspecified atom stereocenters. The fraction of sp³-hybridized carbons (Fsp3) is 0.500. The summed E-state index contributed by atoms with van der Waals surface area (Å²) in [5, 5.41) is 0. The normalized spacial score (nSPS) is 7.00. The van der Waals surface area contributed by atoms with Crippen molar-refractivity contribution in [3.63, 3.8) is 0 Å². The predicted molar refractivity (Wildman–Crippen MR) is 47.4 cm³/mol. The van der Waals surface area contributed by atoms with Gasteiger partial charge in [-0.25, -0.2) is 0 Å². The van der Waals surface area contributed by atoms with Gasteiger partial charge in [0.15, 0.2) is 0 Å². The maximum absolute atomic E-state index is 4.93. The van der Waals surface area contributed by atoms with Crippen molar-refractivity contribution in [3.8, 4) is 0 Å². The fourth-order valence-electron chi connectivity index (χ4n) is 0. The van der Waals surface area contributed by atoms with Crippen LogP contribution in [0.3, 0.4) is 0 Å². The van der Waals surface area contributed by atoms with Gasteiger partial charge in [0, 0.05) is 20.0 Å². The van der Waals surface area contributed by atoms with E-state index in [2.05, 4.69) is 6.58 Å². The van der Waals surface area contributed by atoms with Crippen LogP contribution in [0, 0.1) is 0 Å². The van der Waals surface area contributed by atoms with Crippen LogP contribution in [0.25, 0.3) is 0 Å². The Hall–Kier alpha value is 1.02. The second kappa shape index (κ2) is 10.9. The average molecular weight is 191 g/mol. The minimum Gasteiger partial charge on any atom is -0.100 e. The molecule has 0 rings (SSSR count). The molecule has 0 aliphatic carbocycles. The van der Waals surface area contributed by atoms with E-state index in [1.807, 2.05) is 13.8 Å². The Kier molecular flexibility index (Phi) is 16.0. The van der Waals surface area contributed by atoms with Gasteiger partial charge in [-0.2, -0.15) is 0 Å². The Labute approximate surface area is 67.4 Å². The minimum absolute atomic E-state index is 1.01. The van der Waals surface area contributed by atoms with Crippen LogP contribution in [0.1, 0.15) is 13.8 Å². The van der Waals surface area contributed by atoms with Gasteiger partial charge in [-0.3, -0.25) is 0 Å². The second-order valence-electron chi connectivity index (χ2n) is 1.33. The van der Waals surface area contributed by atoms with Gasteiger partial charge in [-0.15, -0.1) is 6.58 Å². The molecule has 0 spiro atoms. The number of hydrogen-bond acceptors (Lipinski definition) is 2. The van der Waals surface area contributed by atoms with E-state index in [-0.39, 0.29) is 0 Å². The summed E-state index contributed by atoms with van der Waals surface area (Å²) in [7, 11) is 11.9. The third-order valence-corrected chi connectivity index (χ3v) is 1.93.